The summed E-state index contributed by atoms with van der Waals surface area (Å²) in [6.07, 6.45) is 5.69. The molecule has 1 aliphatic carbocycles. The maximum atomic E-state index is 5.72. The first-order valence-corrected chi connectivity index (χ1v) is 4.78. The van der Waals surface area contributed by atoms with Crippen LogP contribution >= 0.6 is 0 Å². The molecule has 1 saturated heterocycles. The van der Waals surface area contributed by atoms with E-state index in [1.807, 2.05) is 7.05 Å². The van der Waals surface area contributed by atoms with Crippen molar-refractivity contribution in [2.45, 2.75) is 37.9 Å². The second-order valence-corrected chi connectivity index (χ2v) is 3.81. The predicted octanol–water partition coefficient (Wildman–Crippen LogP) is 1.19. The van der Waals surface area contributed by atoms with E-state index in [4.69, 9.17) is 9.47 Å². The molecule has 2 aliphatic rings. The van der Waals surface area contributed by atoms with Crippen molar-refractivity contribution >= 4 is 0 Å². The molecule has 0 aromatic rings. The van der Waals surface area contributed by atoms with Gasteiger partial charge >= 0.3 is 0 Å². The molecule has 1 saturated carbocycles. The van der Waals surface area contributed by atoms with Gasteiger partial charge in [-0.3, -0.25) is 4.90 Å². The molecular weight excluding hydrogens is 154 g/mol. The number of fused-ring (bicyclic) bond motifs is 1. The normalized spacial score (nSPS) is 38.8. The first-order valence-electron chi connectivity index (χ1n) is 4.78. The molecule has 0 amide bonds. The van der Waals surface area contributed by atoms with Gasteiger partial charge in [0.25, 0.3) is 0 Å². The average molecular weight is 171 g/mol. The Kier molecular flexibility index (Phi) is 2.63. The van der Waals surface area contributed by atoms with E-state index in [-0.39, 0.29) is 0 Å². The number of rotatable bonds is 0. The molecule has 0 radical (unpaired) electrons. The maximum absolute atomic E-state index is 5.72. The Hall–Kier alpha value is -0.120. The third-order valence-corrected chi connectivity index (χ3v) is 2.66. The highest BCUT2D eigenvalue weighted by Crippen LogP contribution is 2.25. The molecular formula is C9H17NO2. The minimum Gasteiger partial charge on any atom is -0.360 e. The van der Waals surface area contributed by atoms with Crippen LogP contribution in [0.3, 0.4) is 0 Å². The summed E-state index contributed by atoms with van der Waals surface area (Å²) in [5.41, 5.74) is 0. The van der Waals surface area contributed by atoms with Gasteiger partial charge in [0.2, 0.25) is 0 Å². The third kappa shape index (κ3) is 1.79. The van der Waals surface area contributed by atoms with E-state index in [9.17, 15) is 0 Å². The fourth-order valence-corrected chi connectivity index (χ4v) is 1.93. The summed E-state index contributed by atoms with van der Waals surface area (Å²) < 4.78 is 11.4. The van der Waals surface area contributed by atoms with Crippen molar-refractivity contribution in [2.24, 2.45) is 0 Å². The van der Waals surface area contributed by atoms with Gasteiger partial charge in [-0.2, -0.15) is 0 Å². The van der Waals surface area contributed by atoms with Gasteiger partial charge in [0.15, 0.2) is 0 Å². The van der Waals surface area contributed by atoms with Crippen molar-refractivity contribution in [1.29, 1.82) is 0 Å². The third-order valence-electron chi connectivity index (χ3n) is 2.66. The summed E-state index contributed by atoms with van der Waals surface area (Å²) in [5.74, 6) is 0. The number of hydrogen-bond donors (Lipinski definition) is 0. The molecule has 2 atom stereocenters. The first-order chi connectivity index (χ1) is 5.86. The molecule has 0 N–H and O–H groups in total. The lowest BCUT2D eigenvalue weighted by molar-refractivity contribution is -0.0577. The monoisotopic (exact) mass is 171 g/mol. The van der Waals surface area contributed by atoms with Crippen LogP contribution in [0.15, 0.2) is 0 Å². The predicted molar refractivity (Wildman–Crippen MR) is 45.7 cm³/mol. The summed E-state index contributed by atoms with van der Waals surface area (Å²) in [4.78, 5) is 2.07. The van der Waals surface area contributed by atoms with Gasteiger partial charge in [0.1, 0.15) is 13.5 Å². The Bertz CT molecular complexity index is 135. The number of ether oxygens (including phenoxy) is 2. The van der Waals surface area contributed by atoms with Gasteiger partial charge in [-0.25, -0.2) is 0 Å². The smallest absolute Gasteiger partial charge is 0.101 e. The molecule has 1 heterocycles. The van der Waals surface area contributed by atoms with E-state index < -0.39 is 0 Å². The van der Waals surface area contributed by atoms with Crippen molar-refractivity contribution in [3.63, 3.8) is 0 Å². The lowest BCUT2D eigenvalue weighted by Gasteiger charge is -2.28. The quantitative estimate of drug-likeness (QED) is 0.546. The Morgan fingerprint density at radius 2 is 1.50 bits per heavy atom. The van der Waals surface area contributed by atoms with Gasteiger partial charge in [-0.1, -0.05) is 12.8 Å². The molecule has 70 valence electrons. The van der Waals surface area contributed by atoms with Crippen molar-refractivity contribution in [1.82, 2.24) is 4.90 Å². The second kappa shape index (κ2) is 3.73. The molecule has 2 fully saturated rings. The van der Waals surface area contributed by atoms with E-state index in [2.05, 4.69) is 4.90 Å². The SMILES string of the molecule is CN1COC2CCCCC2OC1. The molecule has 0 aromatic carbocycles. The first kappa shape index (κ1) is 8.48. The van der Waals surface area contributed by atoms with Crippen LogP contribution in [0.25, 0.3) is 0 Å². The largest absolute Gasteiger partial charge is 0.360 e. The molecule has 1 aliphatic heterocycles. The van der Waals surface area contributed by atoms with Gasteiger partial charge < -0.3 is 9.47 Å². The van der Waals surface area contributed by atoms with Crippen LogP contribution < -0.4 is 0 Å². The van der Waals surface area contributed by atoms with Crippen LogP contribution in [0.4, 0.5) is 0 Å². The van der Waals surface area contributed by atoms with Crippen molar-refractivity contribution in [3.8, 4) is 0 Å². The van der Waals surface area contributed by atoms with Crippen molar-refractivity contribution < 1.29 is 9.47 Å². The summed E-state index contributed by atoms with van der Waals surface area (Å²) in [5, 5.41) is 0. The molecule has 12 heavy (non-hydrogen) atoms. The highest BCUT2D eigenvalue weighted by Gasteiger charge is 2.29. The second-order valence-electron chi connectivity index (χ2n) is 3.81. The van der Waals surface area contributed by atoms with E-state index in [1.54, 1.807) is 0 Å². The Labute approximate surface area is 73.6 Å². The molecule has 0 bridgehead atoms. The summed E-state index contributed by atoms with van der Waals surface area (Å²) in [6, 6.07) is 0. The van der Waals surface area contributed by atoms with Gasteiger partial charge in [0, 0.05) is 0 Å². The van der Waals surface area contributed by atoms with Crippen LogP contribution in [0, 0.1) is 0 Å². The van der Waals surface area contributed by atoms with Gasteiger partial charge in [0.05, 0.1) is 12.2 Å². The highest BCUT2D eigenvalue weighted by molar-refractivity contribution is 4.77. The lowest BCUT2D eigenvalue weighted by atomic mass is 9.95. The number of hydrogen-bond acceptors (Lipinski definition) is 3. The molecule has 3 heteroatoms. The van der Waals surface area contributed by atoms with Gasteiger partial charge in [-0.15, -0.1) is 0 Å². The van der Waals surface area contributed by atoms with Crippen LogP contribution in [0.1, 0.15) is 25.7 Å². The van der Waals surface area contributed by atoms with E-state index in [1.165, 1.54) is 25.7 Å². The molecule has 2 unspecified atom stereocenters. The fraction of sp³-hybridized carbons (Fsp3) is 1.00. The Morgan fingerprint density at radius 3 is 2.00 bits per heavy atom. The van der Waals surface area contributed by atoms with Crippen LogP contribution in [0.5, 0.6) is 0 Å². The Balaban J connectivity index is 1.94. The van der Waals surface area contributed by atoms with Crippen molar-refractivity contribution in [3.05, 3.63) is 0 Å². The Morgan fingerprint density at radius 1 is 1.00 bits per heavy atom. The topological polar surface area (TPSA) is 21.7 Å². The minimum absolute atomic E-state index is 0.365. The minimum atomic E-state index is 0.365. The molecule has 3 nitrogen and oxygen atoms in total. The maximum Gasteiger partial charge on any atom is 0.101 e. The highest BCUT2D eigenvalue weighted by atomic mass is 16.6. The summed E-state index contributed by atoms with van der Waals surface area (Å²) in [6.45, 7) is 1.45. The van der Waals surface area contributed by atoms with Crippen LogP contribution in [0.2, 0.25) is 0 Å². The number of nitrogens with zero attached hydrogens (tertiary/aromatic N) is 1. The zero-order valence-corrected chi connectivity index (χ0v) is 7.66. The molecule has 0 aromatic heterocycles. The van der Waals surface area contributed by atoms with E-state index >= 15 is 0 Å². The van der Waals surface area contributed by atoms with E-state index in [0.29, 0.717) is 12.2 Å². The van der Waals surface area contributed by atoms with Crippen molar-refractivity contribution in [2.75, 3.05) is 20.5 Å². The van der Waals surface area contributed by atoms with Gasteiger partial charge in [-0.05, 0) is 19.9 Å². The van der Waals surface area contributed by atoms with Crippen LogP contribution in [-0.4, -0.2) is 37.6 Å². The molecule has 2 rings (SSSR count). The average Bonchev–Trinajstić information content (AvgIpc) is 2.29. The lowest BCUT2D eigenvalue weighted by Crippen LogP contribution is -2.32. The summed E-state index contributed by atoms with van der Waals surface area (Å²) >= 11 is 0. The fourth-order valence-electron chi connectivity index (χ4n) is 1.93. The zero-order valence-electron chi connectivity index (χ0n) is 7.66. The van der Waals surface area contributed by atoms with Crippen LogP contribution in [-0.2, 0) is 9.47 Å². The molecule has 0 spiro atoms. The van der Waals surface area contributed by atoms with E-state index in [0.717, 1.165) is 13.5 Å². The summed E-state index contributed by atoms with van der Waals surface area (Å²) in [7, 11) is 2.03. The zero-order chi connectivity index (χ0) is 8.39. The standard InChI is InChI=1S/C9H17NO2/c1-10-6-11-8-4-2-3-5-9(8)12-7-10/h8-9H,2-7H2,1H3.